The van der Waals surface area contributed by atoms with Crippen molar-refractivity contribution < 1.29 is 14.1 Å². The van der Waals surface area contributed by atoms with Crippen LogP contribution in [-0.4, -0.2) is 10.7 Å². The molecule has 0 spiro atoms. The molecule has 0 amide bonds. The second-order valence-electron chi connectivity index (χ2n) is 4.01. The van der Waals surface area contributed by atoms with E-state index in [2.05, 4.69) is 0 Å². The average molecular weight is 234 g/mol. The van der Waals surface area contributed by atoms with Gasteiger partial charge in [-0.15, -0.1) is 0 Å². The van der Waals surface area contributed by atoms with E-state index in [1.54, 1.807) is 0 Å². The summed E-state index contributed by atoms with van der Waals surface area (Å²) in [5.41, 5.74) is -1.32. The van der Waals surface area contributed by atoms with Crippen LogP contribution in [0.1, 0.15) is 18.4 Å². The molecule has 2 rings (SSSR count). The molecule has 1 aliphatic carbocycles. The van der Waals surface area contributed by atoms with Crippen molar-refractivity contribution in [2.45, 2.75) is 18.3 Å². The minimum Gasteiger partial charge on any atom is -0.300 e. The van der Waals surface area contributed by atoms with Crippen molar-refractivity contribution in [2.24, 2.45) is 0 Å². The van der Waals surface area contributed by atoms with Crippen LogP contribution in [-0.2, 0) is 10.2 Å². The Morgan fingerprint density at radius 3 is 2.53 bits per heavy atom. The zero-order valence-corrected chi connectivity index (χ0v) is 8.64. The average Bonchev–Trinajstić information content (AvgIpc) is 2.23. The summed E-state index contributed by atoms with van der Waals surface area (Å²) in [5.74, 6) is -1.05. The van der Waals surface area contributed by atoms with Crippen LogP contribution in [0.15, 0.2) is 18.2 Å². The summed E-state index contributed by atoms with van der Waals surface area (Å²) in [4.78, 5) is 20.6. The van der Waals surface area contributed by atoms with E-state index in [0.717, 1.165) is 12.1 Å². The van der Waals surface area contributed by atoms with Gasteiger partial charge in [-0.05, 0) is 11.6 Å². The van der Waals surface area contributed by atoms with Crippen molar-refractivity contribution in [2.75, 3.05) is 0 Å². The van der Waals surface area contributed by atoms with Crippen LogP contribution in [0.5, 0.6) is 0 Å². The zero-order valence-electron chi connectivity index (χ0n) is 8.64. The summed E-state index contributed by atoms with van der Waals surface area (Å²) in [7, 11) is 0. The van der Waals surface area contributed by atoms with E-state index in [0.29, 0.717) is 5.56 Å². The number of halogens is 1. The summed E-state index contributed by atoms with van der Waals surface area (Å²) in [6.07, 6.45) is 0.0848. The highest BCUT2D eigenvalue weighted by molar-refractivity contribution is 5.90. The first-order chi connectivity index (χ1) is 7.98. The highest BCUT2D eigenvalue weighted by Gasteiger charge is 2.46. The van der Waals surface area contributed by atoms with Gasteiger partial charge < -0.3 is 0 Å². The molecule has 6 heteroatoms. The molecule has 0 aromatic heterocycles. The fourth-order valence-electron chi connectivity index (χ4n) is 1.92. The van der Waals surface area contributed by atoms with Gasteiger partial charge in [0.25, 0.3) is 0 Å². The lowest BCUT2D eigenvalue weighted by Crippen LogP contribution is -2.40. The molecule has 1 aromatic rings. The van der Waals surface area contributed by atoms with Gasteiger partial charge in [0.05, 0.1) is 16.4 Å². The normalized spacial score (nSPS) is 17.1. The first-order valence-corrected chi connectivity index (χ1v) is 4.86. The second kappa shape index (κ2) is 3.63. The molecule has 0 atom stereocenters. The molecule has 1 aromatic carbocycles. The Labute approximate surface area is 95.6 Å². The lowest BCUT2D eigenvalue weighted by molar-refractivity contribution is -0.387. The molecule has 1 aliphatic rings. The number of nitro benzene ring substituents is 1. The molecule has 0 aliphatic heterocycles. The van der Waals surface area contributed by atoms with Gasteiger partial charge in [0, 0.05) is 18.9 Å². The highest BCUT2D eigenvalue weighted by atomic mass is 19.1. The number of carbonyl (C=O) groups is 1. The van der Waals surface area contributed by atoms with Gasteiger partial charge in [-0.25, -0.2) is 0 Å². The van der Waals surface area contributed by atoms with Crippen LogP contribution in [0.25, 0.3) is 0 Å². The minimum absolute atomic E-state index is 0.0424. The van der Waals surface area contributed by atoms with E-state index in [1.165, 1.54) is 6.07 Å². The van der Waals surface area contributed by atoms with E-state index in [9.17, 15) is 19.3 Å². The number of hydrogen-bond acceptors (Lipinski definition) is 4. The van der Waals surface area contributed by atoms with Crippen molar-refractivity contribution in [3.63, 3.8) is 0 Å². The topological polar surface area (TPSA) is 84.0 Å². The summed E-state index contributed by atoms with van der Waals surface area (Å²) >= 11 is 0. The molecular formula is C11H7FN2O3. The van der Waals surface area contributed by atoms with Crippen LogP contribution in [0.2, 0.25) is 0 Å². The smallest absolute Gasteiger partial charge is 0.300 e. The third-order valence-electron chi connectivity index (χ3n) is 2.91. The zero-order chi connectivity index (χ0) is 12.6. The number of nitro groups is 1. The largest absolute Gasteiger partial charge is 0.304 e. The standard InChI is InChI=1S/C11H7FN2O3/c12-9-3-7(1-2-10(9)14(16)17)11(6-13)4-8(15)5-11/h1-3H,4-5H2. The van der Waals surface area contributed by atoms with Gasteiger partial charge >= 0.3 is 5.69 Å². The van der Waals surface area contributed by atoms with E-state index < -0.39 is 21.8 Å². The molecule has 0 N–H and O–H groups in total. The van der Waals surface area contributed by atoms with Crippen LogP contribution >= 0.6 is 0 Å². The number of nitrogens with zero attached hydrogens (tertiary/aromatic N) is 2. The Morgan fingerprint density at radius 1 is 1.47 bits per heavy atom. The predicted molar refractivity (Wildman–Crippen MR) is 54.6 cm³/mol. The number of rotatable bonds is 2. The predicted octanol–water partition coefficient (Wildman–Crippen LogP) is 1.86. The van der Waals surface area contributed by atoms with Gasteiger partial charge in [0.2, 0.25) is 5.82 Å². The van der Waals surface area contributed by atoms with E-state index >= 15 is 0 Å². The Kier molecular flexibility index (Phi) is 2.39. The second-order valence-corrected chi connectivity index (χ2v) is 4.01. The Balaban J connectivity index is 2.42. The first kappa shape index (κ1) is 11.2. The Bertz CT molecular complexity index is 554. The van der Waals surface area contributed by atoms with Gasteiger partial charge in [0.1, 0.15) is 5.78 Å². The minimum atomic E-state index is -1.01. The fraction of sp³-hybridized carbons (Fsp3) is 0.273. The number of Topliss-reactive ketones (excluding diaryl/α,β-unsaturated/α-hetero) is 1. The molecular weight excluding hydrogens is 227 g/mol. The third-order valence-corrected chi connectivity index (χ3v) is 2.91. The summed E-state index contributed by atoms with van der Waals surface area (Å²) in [5, 5.41) is 19.5. The third kappa shape index (κ3) is 1.65. The number of nitriles is 1. The lowest BCUT2D eigenvalue weighted by atomic mass is 9.65. The molecule has 0 saturated heterocycles. The van der Waals surface area contributed by atoms with Gasteiger partial charge in [-0.2, -0.15) is 9.65 Å². The van der Waals surface area contributed by atoms with Crippen LogP contribution in [0.4, 0.5) is 10.1 Å². The van der Waals surface area contributed by atoms with Crippen LogP contribution in [0.3, 0.4) is 0 Å². The van der Waals surface area contributed by atoms with E-state index in [1.807, 2.05) is 6.07 Å². The molecule has 0 unspecified atom stereocenters. The molecule has 1 saturated carbocycles. The monoisotopic (exact) mass is 234 g/mol. The van der Waals surface area contributed by atoms with Gasteiger partial charge in [-0.1, -0.05) is 6.07 Å². The Morgan fingerprint density at radius 2 is 2.12 bits per heavy atom. The molecule has 17 heavy (non-hydrogen) atoms. The molecule has 0 bridgehead atoms. The van der Waals surface area contributed by atoms with Gasteiger partial charge in [0.15, 0.2) is 0 Å². The molecule has 86 valence electrons. The van der Waals surface area contributed by atoms with E-state index in [-0.39, 0.29) is 18.6 Å². The maximum Gasteiger partial charge on any atom is 0.304 e. The van der Waals surface area contributed by atoms with Gasteiger partial charge in [-0.3, -0.25) is 14.9 Å². The van der Waals surface area contributed by atoms with Crippen molar-refractivity contribution in [1.29, 1.82) is 5.26 Å². The number of carbonyl (C=O) groups excluding carboxylic acids is 1. The number of ketones is 1. The summed E-state index contributed by atoms with van der Waals surface area (Å²) < 4.78 is 13.4. The fourth-order valence-corrected chi connectivity index (χ4v) is 1.92. The quantitative estimate of drug-likeness (QED) is 0.577. The summed E-state index contributed by atoms with van der Waals surface area (Å²) in [6, 6.07) is 5.30. The SMILES string of the molecule is N#CC1(c2ccc([N+](=O)[O-])c(F)c2)CC(=O)C1. The lowest BCUT2D eigenvalue weighted by Gasteiger charge is -2.33. The number of hydrogen-bond donors (Lipinski definition) is 0. The van der Waals surface area contributed by atoms with Crippen LogP contribution in [0, 0.1) is 27.3 Å². The maximum absolute atomic E-state index is 13.4. The summed E-state index contributed by atoms with van der Waals surface area (Å²) in [6.45, 7) is 0. The number of benzene rings is 1. The highest BCUT2D eigenvalue weighted by Crippen LogP contribution is 2.41. The van der Waals surface area contributed by atoms with Crippen molar-refractivity contribution >= 4 is 11.5 Å². The molecule has 1 fully saturated rings. The Hall–Kier alpha value is -2.29. The first-order valence-electron chi connectivity index (χ1n) is 4.86. The van der Waals surface area contributed by atoms with Crippen molar-refractivity contribution in [3.8, 4) is 6.07 Å². The molecule has 0 heterocycles. The maximum atomic E-state index is 13.4. The van der Waals surface area contributed by atoms with Crippen molar-refractivity contribution in [3.05, 3.63) is 39.7 Å². The van der Waals surface area contributed by atoms with E-state index in [4.69, 9.17) is 5.26 Å². The molecule has 0 radical (unpaired) electrons. The van der Waals surface area contributed by atoms with Crippen molar-refractivity contribution in [1.82, 2.24) is 0 Å². The molecule has 5 nitrogen and oxygen atoms in total. The van der Waals surface area contributed by atoms with Crippen LogP contribution < -0.4 is 0 Å².